The monoisotopic (exact) mass is 415 g/mol. The van der Waals surface area contributed by atoms with Gasteiger partial charge in [0.25, 0.3) is 17.4 Å². The van der Waals surface area contributed by atoms with Crippen molar-refractivity contribution in [1.82, 2.24) is 25.3 Å². The van der Waals surface area contributed by atoms with Crippen molar-refractivity contribution in [1.29, 1.82) is 0 Å². The number of pyridine rings is 1. The Balaban J connectivity index is 1.58. The van der Waals surface area contributed by atoms with Gasteiger partial charge in [0, 0.05) is 29.6 Å². The van der Waals surface area contributed by atoms with Crippen LogP contribution >= 0.6 is 0 Å². The van der Waals surface area contributed by atoms with E-state index in [4.69, 9.17) is 4.52 Å². The zero-order valence-electron chi connectivity index (χ0n) is 16.7. The largest absolute Gasteiger partial charge is 0.334 e. The molecule has 2 aromatic carbocycles. The normalized spacial score (nSPS) is 18.3. The molecule has 9 nitrogen and oxygen atoms in total. The van der Waals surface area contributed by atoms with Crippen molar-refractivity contribution >= 4 is 22.7 Å². The molecule has 0 saturated carbocycles. The first-order chi connectivity index (χ1) is 14.9. The maximum Gasteiger partial charge on any atom is 0.322 e. The number of rotatable bonds is 3. The van der Waals surface area contributed by atoms with E-state index in [1.807, 2.05) is 12.1 Å². The van der Waals surface area contributed by atoms with Crippen LogP contribution in [0, 0.1) is 0 Å². The minimum Gasteiger partial charge on any atom is -0.334 e. The predicted molar refractivity (Wildman–Crippen MR) is 112 cm³/mol. The molecule has 2 N–H and O–H groups in total. The van der Waals surface area contributed by atoms with Gasteiger partial charge in [0.2, 0.25) is 5.82 Å². The zero-order valence-corrected chi connectivity index (χ0v) is 16.7. The second kappa shape index (κ2) is 6.63. The van der Waals surface area contributed by atoms with Gasteiger partial charge in [-0.2, -0.15) is 4.98 Å². The van der Waals surface area contributed by atoms with Gasteiger partial charge in [0.15, 0.2) is 0 Å². The van der Waals surface area contributed by atoms with Gasteiger partial charge >= 0.3 is 6.03 Å². The number of imide groups is 1. The molecule has 1 aliphatic heterocycles. The number of hydrogen-bond donors (Lipinski definition) is 2. The number of nitrogens with zero attached hydrogens (tertiary/aromatic N) is 3. The number of urea groups is 1. The van der Waals surface area contributed by atoms with Crippen LogP contribution in [0.2, 0.25) is 0 Å². The van der Waals surface area contributed by atoms with E-state index in [-0.39, 0.29) is 11.4 Å². The minimum absolute atomic E-state index is 0.114. The number of benzene rings is 2. The third-order valence-corrected chi connectivity index (χ3v) is 5.49. The quantitative estimate of drug-likeness (QED) is 0.496. The van der Waals surface area contributed by atoms with Gasteiger partial charge in [0.05, 0.1) is 5.56 Å². The Bertz CT molecular complexity index is 1440. The van der Waals surface area contributed by atoms with Crippen molar-refractivity contribution in [3.05, 3.63) is 70.6 Å². The fourth-order valence-electron chi connectivity index (χ4n) is 3.75. The molecule has 3 amide bonds. The Morgan fingerprint density at radius 1 is 1.03 bits per heavy atom. The number of carbonyl (C=O) groups is 2. The highest BCUT2D eigenvalue weighted by atomic mass is 16.5. The average Bonchev–Trinajstić information content (AvgIpc) is 3.36. The summed E-state index contributed by atoms with van der Waals surface area (Å²) in [7, 11) is 1.67. The van der Waals surface area contributed by atoms with Crippen molar-refractivity contribution in [2.45, 2.75) is 12.5 Å². The lowest BCUT2D eigenvalue weighted by Gasteiger charge is -2.21. The molecule has 1 saturated heterocycles. The Hall–Kier alpha value is -4.27. The van der Waals surface area contributed by atoms with Gasteiger partial charge in [-0.25, -0.2) is 4.79 Å². The zero-order chi connectivity index (χ0) is 21.8. The van der Waals surface area contributed by atoms with E-state index >= 15 is 0 Å². The molecular weight excluding hydrogens is 398 g/mol. The Labute approximate surface area is 175 Å². The molecule has 0 spiro atoms. The van der Waals surface area contributed by atoms with Crippen LogP contribution in [0.15, 0.2) is 64.0 Å². The molecule has 0 aliphatic carbocycles. The Morgan fingerprint density at radius 2 is 1.81 bits per heavy atom. The highest BCUT2D eigenvalue weighted by Gasteiger charge is 2.43. The molecule has 2 aromatic heterocycles. The fourth-order valence-corrected chi connectivity index (χ4v) is 3.75. The summed E-state index contributed by atoms with van der Waals surface area (Å²) in [6, 6.07) is 13.7. The molecule has 4 aromatic rings. The molecule has 1 atom stereocenters. The molecule has 1 aliphatic rings. The predicted octanol–water partition coefficient (Wildman–Crippen LogP) is 2.31. The van der Waals surface area contributed by atoms with E-state index in [9.17, 15) is 14.4 Å². The van der Waals surface area contributed by atoms with Gasteiger partial charge in [-0.15, -0.1) is 0 Å². The number of hydrogen-bond acceptors (Lipinski definition) is 6. The smallest absolute Gasteiger partial charge is 0.322 e. The number of nitrogens with one attached hydrogen (secondary N) is 2. The first kappa shape index (κ1) is 18.7. The van der Waals surface area contributed by atoms with Crippen LogP contribution in [-0.2, 0) is 17.4 Å². The summed E-state index contributed by atoms with van der Waals surface area (Å²) >= 11 is 0. The van der Waals surface area contributed by atoms with Crippen molar-refractivity contribution in [2.24, 2.45) is 7.05 Å². The summed E-state index contributed by atoms with van der Waals surface area (Å²) in [5.41, 5.74) is 0.552. The van der Waals surface area contributed by atoms with E-state index in [1.165, 1.54) is 4.57 Å². The van der Waals surface area contributed by atoms with Gasteiger partial charge in [-0.1, -0.05) is 41.6 Å². The third-order valence-electron chi connectivity index (χ3n) is 5.49. The standard InChI is InChI=1S/C22H17N5O4/c1-22(20(29)24-21(30)25-22)13-7-5-6-12(10-13)17-23-18(31-26-17)16-11-27(2)19(28)15-9-4-3-8-14(15)16/h3-11H,1-2H3,(H2,24,25,29,30). The second-order valence-corrected chi connectivity index (χ2v) is 7.54. The molecule has 31 heavy (non-hydrogen) atoms. The molecule has 5 rings (SSSR count). The van der Waals surface area contributed by atoms with E-state index in [2.05, 4.69) is 20.8 Å². The summed E-state index contributed by atoms with van der Waals surface area (Å²) in [5.74, 6) is 0.161. The van der Waals surface area contributed by atoms with E-state index in [0.717, 1.165) is 0 Å². The topological polar surface area (TPSA) is 119 Å². The van der Waals surface area contributed by atoms with Gasteiger partial charge < -0.3 is 14.4 Å². The fraction of sp³-hybridized carbons (Fsp3) is 0.136. The number of aryl methyl sites for hydroxylation is 1. The van der Waals surface area contributed by atoms with Gasteiger partial charge in [-0.05, 0) is 24.6 Å². The molecule has 1 fully saturated rings. The Kier molecular flexibility index (Phi) is 4.01. The number of carbonyl (C=O) groups excluding carboxylic acids is 2. The van der Waals surface area contributed by atoms with Crippen LogP contribution in [0.5, 0.6) is 0 Å². The van der Waals surface area contributed by atoms with E-state index in [1.54, 1.807) is 56.6 Å². The highest BCUT2D eigenvalue weighted by molar-refractivity contribution is 6.07. The Morgan fingerprint density at radius 3 is 2.55 bits per heavy atom. The van der Waals surface area contributed by atoms with Gasteiger partial charge in [-0.3, -0.25) is 14.9 Å². The number of fused-ring (bicyclic) bond motifs is 1. The summed E-state index contributed by atoms with van der Waals surface area (Å²) in [6.45, 7) is 1.63. The summed E-state index contributed by atoms with van der Waals surface area (Å²) < 4.78 is 6.99. The SMILES string of the molecule is Cn1cc(-c2nc(-c3cccc(C4(C)NC(=O)NC4=O)c3)no2)c2ccccc2c1=O. The van der Waals surface area contributed by atoms with Crippen molar-refractivity contribution in [2.75, 3.05) is 0 Å². The first-order valence-electron chi connectivity index (χ1n) is 9.54. The summed E-state index contributed by atoms with van der Waals surface area (Å²) in [4.78, 5) is 40.8. The molecule has 0 radical (unpaired) electrons. The van der Waals surface area contributed by atoms with Crippen LogP contribution in [0.1, 0.15) is 12.5 Å². The van der Waals surface area contributed by atoms with Crippen molar-refractivity contribution < 1.29 is 14.1 Å². The highest BCUT2D eigenvalue weighted by Crippen LogP contribution is 2.30. The average molecular weight is 415 g/mol. The summed E-state index contributed by atoms with van der Waals surface area (Å²) in [6.07, 6.45) is 1.66. The van der Waals surface area contributed by atoms with Gasteiger partial charge in [0.1, 0.15) is 5.54 Å². The lowest BCUT2D eigenvalue weighted by Crippen LogP contribution is -2.40. The first-order valence-corrected chi connectivity index (χ1v) is 9.54. The third kappa shape index (κ3) is 2.90. The molecule has 0 bridgehead atoms. The maximum absolute atomic E-state index is 12.4. The van der Waals surface area contributed by atoms with Crippen LogP contribution in [0.25, 0.3) is 33.6 Å². The van der Waals surface area contributed by atoms with E-state index < -0.39 is 17.5 Å². The van der Waals surface area contributed by atoms with Crippen molar-refractivity contribution in [3.63, 3.8) is 0 Å². The van der Waals surface area contributed by atoms with Crippen LogP contribution in [-0.4, -0.2) is 26.6 Å². The molecular formula is C22H17N5O4. The molecule has 154 valence electrons. The number of amides is 3. The second-order valence-electron chi connectivity index (χ2n) is 7.54. The summed E-state index contributed by atoms with van der Waals surface area (Å²) in [5, 5.41) is 10.2. The maximum atomic E-state index is 12.4. The van der Waals surface area contributed by atoms with Crippen LogP contribution < -0.4 is 16.2 Å². The number of aromatic nitrogens is 3. The molecule has 9 heteroatoms. The van der Waals surface area contributed by atoms with Crippen LogP contribution in [0.3, 0.4) is 0 Å². The lowest BCUT2D eigenvalue weighted by atomic mass is 9.91. The van der Waals surface area contributed by atoms with Crippen LogP contribution in [0.4, 0.5) is 4.79 Å². The molecule has 3 heterocycles. The van der Waals surface area contributed by atoms with E-state index in [0.29, 0.717) is 33.3 Å². The molecule has 1 unspecified atom stereocenters. The van der Waals surface area contributed by atoms with Crippen molar-refractivity contribution in [3.8, 4) is 22.8 Å². The lowest BCUT2D eigenvalue weighted by molar-refractivity contribution is -0.123. The minimum atomic E-state index is -1.19.